The van der Waals surface area contributed by atoms with E-state index < -0.39 is 0 Å². The molecule has 0 aliphatic heterocycles. The Morgan fingerprint density at radius 3 is 0.778 bits per heavy atom. The Kier molecular flexibility index (Phi) is 21.9. The first kappa shape index (κ1) is 29.5. The van der Waals surface area contributed by atoms with Gasteiger partial charge in [0.05, 0.1) is 0 Å². The molecule has 0 amide bonds. The van der Waals surface area contributed by atoms with Gasteiger partial charge in [0.1, 0.15) is 0 Å². The molecule has 3 heteroatoms. The average molecular weight is 374 g/mol. The molecular weight excluding hydrogens is 334 g/mol. The predicted molar refractivity (Wildman–Crippen MR) is 120 cm³/mol. The van der Waals surface area contributed by atoms with Gasteiger partial charge in [0.15, 0.2) is 11.6 Å². The van der Waals surface area contributed by atoms with E-state index in [9.17, 15) is 9.59 Å². The van der Waals surface area contributed by atoms with Gasteiger partial charge >= 0.3 is 0 Å². The zero-order chi connectivity index (χ0) is 21.8. The highest BCUT2D eigenvalue weighted by Crippen LogP contribution is 2.26. The molecule has 1 aliphatic rings. The Hall–Kier alpha value is -2.26. The number of fused-ring (bicyclic) bond motifs is 2. The first-order valence-electron chi connectivity index (χ1n) is 10.1. The first-order chi connectivity index (χ1) is 13.2. The Morgan fingerprint density at radius 2 is 0.630 bits per heavy atom. The first-order valence-corrected chi connectivity index (χ1v) is 10.1. The molecular formula is C24H39NO2. The van der Waals surface area contributed by atoms with Crippen LogP contribution in [-0.2, 0) is 0 Å². The number of nitrogens with one attached hydrogen (secondary N) is 1. The molecule has 152 valence electrons. The number of carbonyl (C=O) groups excluding carboxylic acids is 2. The molecule has 0 aromatic heterocycles. The summed E-state index contributed by atoms with van der Waals surface area (Å²) >= 11 is 0. The summed E-state index contributed by atoms with van der Waals surface area (Å²) in [4.78, 5) is 24.2. The quantitative estimate of drug-likeness (QED) is 0.496. The highest BCUT2D eigenvalue weighted by Gasteiger charge is 2.28. The Balaban J connectivity index is -0.000000451. The van der Waals surface area contributed by atoms with E-state index >= 15 is 0 Å². The van der Waals surface area contributed by atoms with Gasteiger partial charge in [0.25, 0.3) is 0 Å². The smallest absolute Gasteiger partial charge is 0.194 e. The molecule has 0 unspecified atom stereocenters. The van der Waals surface area contributed by atoms with Crippen molar-refractivity contribution in [2.75, 3.05) is 14.1 Å². The molecule has 3 nitrogen and oxygen atoms in total. The Morgan fingerprint density at radius 1 is 0.481 bits per heavy atom. The van der Waals surface area contributed by atoms with Gasteiger partial charge in [-0.1, -0.05) is 104 Å². The summed E-state index contributed by atoms with van der Waals surface area (Å²) in [6, 6.07) is 13.9. The number of ketones is 2. The summed E-state index contributed by atoms with van der Waals surface area (Å²) < 4.78 is 0. The maximum atomic E-state index is 12.1. The van der Waals surface area contributed by atoms with Gasteiger partial charge in [0.2, 0.25) is 0 Å². The molecule has 0 radical (unpaired) electrons. The molecule has 0 spiro atoms. The van der Waals surface area contributed by atoms with Crippen molar-refractivity contribution >= 4 is 11.6 Å². The molecule has 0 fully saturated rings. The van der Waals surface area contributed by atoms with Crippen LogP contribution in [-0.4, -0.2) is 25.7 Å². The highest BCUT2D eigenvalue weighted by atomic mass is 16.1. The molecule has 0 bridgehead atoms. The van der Waals surface area contributed by atoms with Crippen molar-refractivity contribution < 1.29 is 9.59 Å². The van der Waals surface area contributed by atoms with E-state index in [0.717, 1.165) is 0 Å². The minimum Gasteiger partial charge on any atom is -0.323 e. The monoisotopic (exact) mass is 373 g/mol. The predicted octanol–water partition coefficient (Wildman–Crippen LogP) is 6.40. The molecule has 0 heterocycles. The zero-order valence-corrected chi connectivity index (χ0v) is 18.9. The van der Waals surface area contributed by atoms with Crippen molar-refractivity contribution in [3.8, 4) is 0 Å². The van der Waals surface area contributed by atoms with Gasteiger partial charge in [0, 0.05) is 22.3 Å². The van der Waals surface area contributed by atoms with E-state index in [4.69, 9.17) is 0 Å². The van der Waals surface area contributed by atoms with Crippen LogP contribution in [0.25, 0.3) is 0 Å². The normalized spacial score (nSPS) is 9.41. The van der Waals surface area contributed by atoms with Gasteiger partial charge in [-0.3, -0.25) is 9.59 Å². The summed E-state index contributed by atoms with van der Waals surface area (Å²) in [5.41, 5.74) is 2.02. The fraction of sp³-hybridized carbons (Fsp3) is 0.417. The summed E-state index contributed by atoms with van der Waals surface area (Å²) in [5, 5.41) is 2.75. The molecule has 0 saturated carbocycles. The number of hydrogen-bond donors (Lipinski definition) is 1. The van der Waals surface area contributed by atoms with E-state index in [2.05, 4.69) is 5.32 Å². The van der Waals surface area contributed by atoms with Crippen LogP contribution >= 0.6 is 0 Å². The van der Waals surface area contributed by atoms with E-state index in [0.29, 0.717) is 22.3 Å². The lowest BCUT2D eigenvalue weighted by atomic mass is 9.84. The van der Waals surface area contributed by atoms with E-state index in [1.165, 1.54) is 0 Å². The van der Waals surface area contributed by atoms with Crippen LogP contribution in [0.4, 0.5) is 0 Å². The summed E-state index contributed by atoms with van der Waals surface area (Å²) in [7, 11) is 3.75. The molecule has 27 heavy (non-hydrogen) atoms. The van der Waals surface area contributed by atoms with Gasteiger partial charge in [-0.2, -0.15) is 0 Å². The summed E-state index contributed by atoms with van der Waals surface area (Å²) in [6.45, 7) is 16.0. The second kappa shape index (κ2) is 20.1. The van der Waals surface area contributed by atoms with Crippen LogP contribution < -0.4 is 5.32 Å². The fourth-order valence-electron chi connectivity index (χ4n) is 2.05. The second-order valence-electron chi connectivity index (χ2n) is 4.25. The number of rotatable bonds is 0. The van der Waals surface area contributed by atoms with Crippen molar-refractivity contribution in [1.29, 1.82) is 0 Å². The second-order valence-corrected chi connectivity index (χ2v) is 4.25. The van der Waals surface area contributed by atoms with Crippen LogP contribution in [0.5, 0.6) is 0 Å². The number of hydrogen-bond acceptors (Lipinski definition) is 3. The third-order valence-electron chi connectivity index (χ3n) is 2.83. The number of benzene rings is 2. The molecule has 1 N–H and O–H groups in total. The maximum absolute atomic E-state index is 12.1. The largest absolute Gasteiger partial charge is 0.323 e. The SMILES string of the molecule is CC.CC.CC.CC.CNC.O=C1c2ccccc2C(=O)c2ccccc21. The highest BCUT2D eigenvalue weighted by molar-refractivity contribution is 6.28. The zero-order valence-electron chi connectivity index (χ0n) is 18.9. The van der Waals surface area contributed by atoms with E-state index in [1.807, 2.05) is 69.5 Å². The lowest BCUT2D eigenvalue weighted by Gasteiger charge is -2.16. The Bertz CT molecular complexity index is 528. The van der Waals surface area contributed by atoms with Crippen molar-refractivity contribution in [2.45, 2.75) is 55.4 Å². The summed E-state index contributed by atoms with van der Waals surface area (Å²) in [5.74, 6) is -0.128. The van der Waals surface area contributed by atoms with Crippen LogP contribution in [0.1, 0.15) is 87.2 Å². The van der Waals surface area contributed by atoms with Crippen molar-refractivity contribution in [1.82, 2.24) is 5.32 Å². The third-order valence-corrected chi connectivity index (χ3v) is 2.83. The van der Waals surface area contributed by atoms with Gasteiger partial charge in [-0.15, -0.1) is 0 Å². The van der Waals surface area contributed by atoms with Crippen molar-refractivity contribution in [3.63, 3.8) is 0 Å². The van der Waals surface area contributed by atoms with Gasteiger partial charge in [-0.25, -0.2) is 0 Å². The molecule has 2 aromatic carbocycles. The van der Waals surface area contributed by atoms with Crippen LogP contribution in [0, 0.1) is 0 Å². The molecule has 0 saturated heterocycles. The lowest BCUT2D eigenvalue weighted by molar-refractivity contribution is 0.0979. The van der Waals surface area contributed by atoms with Crippen LogP contribution in [0.3, 0.4) is 0 Å². The fourth-order valence-corrected chi connectivity index (χ4v) is 2.05. The standard InChI is InChI=1S/C14H8O2.C2H7N.4C2H6/c15-13-9-5-1-2-6-10(9)14(16)12-8-4-3-7-11(12)13;1-3-2;4*1-2/h1-8H;3H,1-2H3;4*1-2H3. The third kappa shape index (κ3) is 8.78. The van der Waals surface area contributed by atoms with E-state index in [-0.39, 0.29) is 11.6 Å². The average Bonchev–Trinajstić information content (AvgIpc) is 2.78. The number of carbonyl (C=O) groups is 2. The molecule has 2 aromatic rings. The van der Waals surface area contributed by atoms with Gasteiger partial charge in [-0.05, 0) is 14.1 Å². The van der Waals surface area contributed by atoms with Crippen molar-refractivity contribution in [2.24, 2.45) is 0 Å². The van der Waals surface area contributed by atoms with Crippen LogP contribution in [0.2, 0.25) is 0 Å². The van der Waals surface area contributed by atoms with Gasteiger partial charge < -0.3 is 5.32 Å². The topological polar surface area (TPSA) is 46.2 Å². The van der Waals surface area contributed by atoms with Crippen LogP contribution in [0.15, 0.2) is 48.5 Å². The van der Waals surface area contributed by atoms with Crippen molar-refractivity contribution in [3.05, 3.63) is 70.8 Å². The molecule has 1 aliphatic carbocycles. The minimum absolute atomic E-state index is 0.0641. The molecule has 3 rings (SSSR count). The molecule has 0 atom stereocenters. The maximum Gasteiger partial charge on any atom is 0.194 e. The van der Waals surface area contributed by atoms with E-state index in [1.54, 1.807) is 48.5 Å². The lowest BCUT2D eigenvalue weighted by Crippen LogP contribution is -2.20. The minimum atomic E-state index is -0.0641. The summed E-state index contributed by atoms with van der Waals surface area (Å²) in [6.07, 6.45) is 0. The Labute approximate surface area is 167 Å².